The van der Waals surface area contributed by atoms with Crippen LogP contribution in [0, 0.1) is 23.3 Å². The molecule has 3 rings (SSSR count). The van der Waals surface area contributed by atoms with Crippen LogP contribution in [0.25, 0.3) is 0 Å². The minimum absolute atomic E-state index is 0.0971. The van der Waals surface area contributed by atoms with Gasteiger partial charge in [-0.15, -0.1) is 0 Å². The Morgan fingerprint density at radius 2 is 2.18 bits per heavy atom. The smallest absolute Gasteiger partial charge is 0.120 e. The quantitative estimate of drug-likeness (QED) is 0.742. The summed E-state index contributed by atoms with van der Waals surface area (Å²) >= 11 is 0. The Morgan fingerprint density at radius 3 is 2.88 bits per heavy atom. The van der Waals surface area contributed by atoms with Crippen LogP contribution >= 0.6 is 0 Å². The molecule has 0 saturated heterocycles. The van der Waals surface area contributed by atoms with E-state index in [1.54, 1.807) is 0 Å². The predicted molar refractivity (Wildman–Crippen MR) is 68.9 cm³/mol. The Labute approximate surface area is 104 Å². The van der Waals surface area contributed by atoms with E-state index in [1.165, 1.54) is 19.3 Å². The Hall–Kier alpha value is -0.980. The van der Waals surface area contributed by atoms with Gasteiger partial charge in [-0.25, -0.2) is 0 Å². The van der Waals surface area contributed by atoms with E-state index in [2.05, 4.69) is 32.9 Å². The van der Waals surface area contributed by atoms with E-state index < -0.39 is 0 Å². The van der Waals surface area contributed by atoms with Gasteiger partial charge in [0.1, 0.15) is 11.4 Å². The molecule has 17 heavy (non-hydrogen) atoms. The van der Waals surface area contributed by atoms with Crippen molar-refractivity contribution in [3.63, 3.8) is 0 Å². The molecular formula is C16H21O. The molecule has 1 radical (unpaired) electrons. The zero-order chi connectivity index (χ0) is 12.1. The van der Waals surface area contributed by atoms with Crippen molar-refractivity contribution >= 4 is 0 Å². The van der Waals surface area contributed by atoms with Gasteiger partial charge in [-0.3, -0.25) is 0 Å². The highest BCUT2D eigenvalue weighted by Crippen LogP contribution is 2.70. The Bertz CT molecular complexity index is 409. The zero-order valence-electron chi connectivity index (χ0n) is 11.0. The molecule has 3 unspecified atom stereocenters. The lowest BCUT2D eigenvalue weighted by Gasteiger charge is -2.29. The van der Waals surface area contributed by atoms with E-state index in [0.717, 1.165) is 17.6 Å². The average Bonchev–Trinajstić information content (AvgIpc) is 2.75. The average molecular weight is 229 g/mol. The molecule has 1 nitrogen and oxygen atoms in total. The van der Waals surface area contributed by atoms with Crippen molar-refractivity contribution in [1.82, 2.24) is 0 Å². The van der Waals surface area contributed by atoms with Crippen LogP contribution < -0.4 is 4.74 Å². The van der Waals surface area contributed by atoms with Gasteiger partial charge in [0.2, 0.25) is 0 Å². The second-order valence-electron chi connectivity index (χ2n) is 6.39. The van der Waals surface area contributed by atoms with Crippen molar-refractivity contribution < 1.29 is 4.74 Å². The minimum atomic E-state index is 0.0971. The first-order valence-electron chi connectivity index (χ1n) is 6.71. The fourth-order valence-electron chi connectivity index (χ4n) is 3.89. The number of ether oxygens (including phenoxy) is 1. The molecule has 1 heteroatoms. The standard InChI is InChI=1S/C16H21O/c1-12-9-10-14-15(2,3)16(14,11-12)17-13-7-5-4-6-8-13/h4-5,7-8,12,14H,9-11H2,1-3H3. The number of hydrogen-bond acceptors (Lipinski definition) is 1. The van der Waals surface area contributed by atoms with Gasteiger partial charge in [0.05, 0.1) is 0 Å². The molecule has 0 N–H and O–H groups in total. The summed E-state index contributed by atoms with van der Waals surface area (Å²) in [7, 11) is 0. The molecule has 0 aliphatic heterocycles. The second-order valence-corrected chi connectivity index (χ2v) is 6.39. The second kappa shape index (κ2) is 3.51. The van der Waals surface area contributed by atoms with E-state index in [9.17, 15) is 0 Å². The van der Waals surface area contributed by atoms with Gasteiger partial charge < -0.3 is 4.74 Å². The predicted octanol–water partition coefficient (Wildman–Crippen LogP) is 4.08. The molecule has 2 aliphatic carbocycles. The fraction of sp³-hybridized carbons (Fsp3) is 0.625. The molecule has 1 aromatic rings. The molecular weight excluding hydrogens is 208 g/mol. The third-order valence-corrected chi connectivity index (χ3v) is 5.02. The molecule has 1 aromatic carbocycles. The number of hydrogen-bond donors (Lipinski definition) is 0. The zero-order valence-corrected chi connectivity index (χ0v) is 11.0. The van der Waals surface area contributed by atoms with Gasteiger partial charge in [0, 0.05) is 11.3 Å². The molecule has 0 aromatic heterocycles. The van der Waals surface area contributed by atoms with Crippen molar-refractivity contribution in [3.8, 4) is 5.75 Å². The summed E-state index contributed by atoms with van der Waals surface area (Å²) in [5.74, 6) is 2.52. The SMILES string of the molecule is CC1CCC2C(C)(C)C2(Oc2c[c]ccc2)C1. The highest BCUT2D eigenvalue weighted by atomic mass is 16.5. The van der Waals surface area contributed by atoms with Gasteiger partial charge >= 0.3 is 0 Å². The lowest BCUT2D eigenvalue weighted by molar-refractivity contribution is 0.0847. The molecule has 3 atom stereocenters. The van der Waals surface area contributed by atoms with Crippen molar-refractivity contribution in [2.45, 2.75) is 45.6 Å². The molecule has 0 bridgehead atoms. The summed E-state index contributed by atoms with van der Waals surface area (Å²) in [5, 5.41) is 0. The Kier molecular flexibility index (Phi) is 2.30. The summed E-state index contributed by atoms with van der Waals surface area (Å²) < 4.78 is 6.37. The molecule has 2 saturated carbocycles. The lowest BCUT2D eigenvalue weighted by Crippen LogP contribution is -2.30. The number of benzene rings is 1. The van der Waals surface area contributed by atoms with Crippen LogP contribution in [0.2, 0.25) is 0 Å². The van der Waals surface area contributed by atoms with E-state index >= 15 is 0 Å². The molecule has 2 fully saturated rings. The molecule has 0 spiro atoms. The van der Waals surface area contributed by atoms with Crippen molar-refractivity contribution in [2.24, 2.45) is 17.3 Å². The van der Waals surface area contributed by atoms with E-state index in [-0.39, 0.29) is 5.60 Å². The van der Waals surface area contributed by atoms with Gasteiger partial charge in [-0.2, -0.15) is 0 Å². The van der Waals surface area contributed by atoms with Crippen molar-refractivity contribution in [3.05, 3.63) is 30.3 Å². The Morgan fingerprint density at radius 1 is 1.35 bits per heavy atom. The van der Waals surface area contributed by atoms with Gasteiger partial charge in [-0.05, 0) is 37.0 Å². The van der Waals surface area contributed by atoms with Crippen molar-refractivity contribution in [1.29, 1.82) is 0 Å². The highest BCUT2D eigenvalue weighted by molar-refractivity contribution is 5.29. The Balaban J connectivity index is 1.86. The normalized spacial score (nSPS) is 38.3. The monoisotopic (exact) mass is 229 g/mol. The maximum Gasteiger partial charge on any atom is 0.120 e. The van der Waals surface area contributed by atoms with Gasteiger partial charge in [0.15, 0.2) is 0 Å². The van der Waals surface area contributed by atoms with Crippen LogP contribution in [0.1, 0.15) is 40.0 Å². The lowest BCUT2D eigenvalue weighted by atomic mass is 9.88. The maximum atomic E-state index is 6.37. The summed E-state index contributed by atoms with van der Waals surface area (Å²) in [4.78, 5) is 0. The van der Waals surface area contributed by atoms with Crippen LogP contribution in [0.3, 0.4) is 0 Å². The van der Waals surface area contributed by atoms with Crippen LogP contribution in [0.15, 0.2) is 24.3 Å². The van der Waals surface area contributed by atoms with Gasteiger partial charge in [0.25, 0.3) is 0 Å². The maximum absolute atomic E-state index is 6.37. The molecule has 2 aliphatic rings. The first-order valence-corrected chi connectivity index (χ1v) is 6.71. The van der Waals surface area contributed by atoms with E-state index in [0.29, 0.717) is 5.41 Å². The third-order valence-electron chi connectivity index (χ3n) is 5.02. The minimum Gasteiger partial charge on any atom is -0.486 e. The highest BCUT2D eigenvalue weighted by Gasteiger charge is 2.74. The van der Waals surface area contributed by atoms with Crippen LogP contribution in [-0.2, 0) is 0 Å². The third kappa shape index (κ3) is 1.51. The summed E-state index contributed by atoms with van der Waals surface area (Å²) in [6.45, 7) is 7.08. The molecule has 91 valence electrons. The van der Waals surface area contributed by atoms with Crippen LogP contribution in [0.5, 0.6) is 5.75 Å². The summed E-state index contributed by atoms with van der Waals surface area (Å²) in [6.07, 6.45) is 3.89. The molecule has 0 heterocycles. The van der Waals surface area contributed by atoms with Crippen molar-refractivity contribution in [2.75, 3.05) is 0 Å². The molecule has 0 amide bonds. The van der Waals surface area contributed by atoms with Crippen LogP contribution in [0.4, 0.5) is 0 Å². The number of rotatable bonds is 2. The first-order chi connectivity index (χ1) is 8.06. The largest absolute Gasteiger partial charge is 0.486 e. The van der Waals surface area contributed by atoms with E-state index in [1.807, 2.05) is 18.2 Å². The fourth-order valence-corrected chi connectivity index (χ4v) is 3.89. The number of fused-ring (bicyclic) bond motifs is 1. The topological polar surface area (TPSA) is 9.23 Å². The van der Waals surface area contributed by atoms with E-state index in [4.69, 9.17) is 4.74 Å². The first kappa shape index (κ1) is 11.1. The van der Waals surface area contributed by atoms with Gasteiger partial charge in [-0.1, -0.05) is 39.3 Å². The summed E-state index contributed by atoms with van der Waals surface area (Å²) in [5.41, 5.74) is 0.438. The van der Waals surface area contributed by atoms with Crippen LogP contribution in [-0.4, -0.2) is 5.60 Å². The summed E-state index contributed by atoms with van der Waals surface area (Å²) in [6, 6.07) is 11.0.